The van der Waals surface area contributed by atoms with Crippen LogP contribution < -0.4 is 5.32 Å². The van der Waals surface area contributed by atoms with Crippen LogP contribution in [0.4, 0.5) is 4.39 Å². The molecule has 0 radical (unpaired) electrons. The van der Waals surface area contributed by atoms with Gasteiger partial charge in [-0.1, -0.05) is 24.3 Å². The number of nitrogens with one attached hydrogen (secondary N) is 1. The fourth-order valence-corrected chi connectivity index (χ4v) is 3.02. The molecular weight excluding hydrogens is 333 g/mol. The molecule has 21 heavy (non-hydrogen) atoms. The smallest absolute Gasteiger partial charge is 0.167 e. The van der Waals surface area contributed by atoms with Crippen LogP contribution in [-0.4, -0.2) is 12.3 Å². The normalized spacial score (nSPS) is 13.8. The van der Waals surface area contributed by atoms with E-state index in [9.17, 15) is 9.18 Å². The van der Waals surface area contributed by atoms with E-state index in [1.807, 2.05) is 18.2 Å². The zero-order chi connectivity index (χ0) is 14.8. The van der Waals surface area contributed by atoms with Crippen LogP contribution in [0.1, 0.15) is 27.0 Å². The minimum absolute atomic E-state index is 0.00896. The number of carbonyl (C=O) groups is 1. The van der Waals surface area contributed by atoms with Crippen molar-refractivity contribution in [2.45, 2.75) is 19.4 Å². The fourth-order valence-electron chi connectivity index (χ4n) is 2.61. The monoisotopic (exact) mass is 347 g/mol. The third kappa shape index (κ3) is 3.06. The van der Waals surface area contributed by atoms with E-state index < -0.39 is 0 Å². The SMILES string of the molecule is O=C(Cc1cccc(F)c1Br)c1ccc2c(c1)CNCC2. The van der Waals surface area contributed by atoms with E-state index in [1.165, 1.54) is 17.2 Å². The van der Waals surface area contributed by atoms with Gasteiger partial charge in [-0.25, -0.2) is 4.39 Å². The molecule has 3 rings (SSSR count). The number of rotatable bonds is 3. The Morgan fingerprint density at radius 3 is 2.95 bits per heavy atom. The van der Waals surface area contributed by atoms with Crippen LogP contribution in [0.25, 0.3) is 0 Å². The van der Waals surface area contributed by atoms with Crippen molar-refractivity contribution in [2.24, 2.45) is 0 Å². The van der Waals surface area contributed by atoms with Crippen molar-refractivity contribution in [3.05, 3.63) is 68.9 Å². The largest absolute Gasteiger partial charge is 0.312 e. The first kappa shape index (κ1) is 14.4. The highest BCUT2D eigenvalue weighted by atomic mass is 79.9. The molecule has 0 atom stereocenters. The van der Waals surface area contributed by atoms with Crippen molar-refractivity contribution in [2.75, 3.05) is 6.54 Å². The average molecular weight is 348 g/mol. The van der Waals surface area contributed by atoms with Crippen LogP contribution in [0.3, 0.4) is 0 Å². The van der Waals surface area contributed by atoms with E-state index in [0.29, 0.717) is 15.6 Å². The lowest BCUT2D eigenvalue weighted by Crippen LogP contribution is -2.24. The van der Waals surface area contributed by atoms with Crippen molar-refractivity contribution >= 4 is 21.7 Å². The van der Waals surface area contributed by atoms with E-state index in [4.69, 9.17) is 0 Å². The lowest BCUT2D eigenvalue weighted by molar-refractivity contribution is 0.0992. The minimum Gasteiger partial charge on any atom is -0.312 e. The van der Waals surface area contributed by atoms with E-state index in [0.717, 1.165) is 19.5 Å². The topological polar surface area (TPSA) is 29.1 Å². The molecule has 2 aromatic rings. The molecule has 4 heteroatoms. The number of Topliss-reactive ketones (excluding diaryl/α,β-unsaturated/α-hetero) is 1. The molecule has 1 heterocycles. The summed E-state index contributed by atoms with van der Waals surface area (Å²) in [6.45, 7) is 1.79. The molecular formula is C17H15BrFNO. The molecule has 1 aliphatic rings. The van der Waals surface area contributed by atoms with Gasteiger partial charge in [-0.15, -0.1) is 0 Å². The second-order valence-corrected chi connectivity index (χ2v) is 6.02. The Morgan fingerprint density at radius 2 is 2.10 bits per heavy atom. The number of hydrogen-bond donors (Lipinski definition) is 1. The fraction of sp³-hybridized carbons (Fsp3) is 0.235. The number of benzene rings is 2. The van der Waals surface area contributed by atoms with Crippen molar-refractivity contribution in [1.82, 2.24) is 5.32 Å². The summed E-state index contributed by atoms with van der Waals surface area (Å²) in [7, 11) is 0. The Balaban J connectivity index is 1.84. The van der Waals surface area contributed by atoms with Gasteiger partial charge in [0.1, 0.15) is 5.82 Å². The summed E-state index contributed by atoms with van der Waals surface area (Å²) in [6, 6.07) is 10.6. The minimum atomic E-state index is -0.338. The van der Waals surface area contributed by atoms with Gasteiger partial charge in [0.05, 0.1) is 4.47 Å². The summed E-state index contributed by atoms with van der Waals surface area (Å²) in [5, 5.41) is 3.30. The molecule has 1 N–H and O–H groups in total. The number of halogens is 2. The van der Waals surface area contributed by atoms with Crippen molar-refractivity contribution in [1.29, 1.82) is 0 Å². The van der Waals surface area contributed by atoms with Crippen LogP contribution in [0, 0.1) is 5.82 Å². The third-order valence-electron chi connectivity index (χ3n) is 3.80. The summed E-state index contributed by atoms with van der Waals surface area (Å²) in [5.74, 6) is -0.329. The first-order valence-corrected chi connectivity index (χ1v) is 7.73. The third-order valence-corrected chi connectivity index (χ3v) is 4.69. The quantitative estimate of drug-likeness (QED) is 0.858. The van der Waals surface area contributed by atoms with Crippen molar-refractivity contribution in [3.8, 4) is 0 Å². The number of fused-ring (bicyclic) bond motifs is 1. The van der Waals surface area contributed by atoms with Crippen LogP contribution in [0.15, 0.2) is 40.9 Å². The number of hydrogen-bond acceptors (Lipinski definition) is 2. The van der Waals surface area contributed by atoms with Gasteiger partial charge in [-0.05, 0) is 57.7 Å². The molecule has 0 bridgehead atoms. The van der Waals surface area contributed by atoms with E-state index in [-0.39, 0.29) is 18.0 Å². The second kappa shape index (κ2) is 6.08. The van der Waals surface area contributed by atoms with Gasteiger partial charge in [0.2, 0.25) is 0 Å². The molecule has 0 aromatic heterocycles. The summed E-state index contributed by atoms with van der Waals surface area (Å²) in [5.41, 5.74) is 3.85. The van der Waals surface area contributed by atoms with E-state index in [2.05, 4.69) is 21.2 Å². The standard InChI is InChI=1S/C17H15BrFNO/c18-17-13(2-1-3-15(17)19)9-16(21)12-5-4-11-6-7-20-10-14(11)8-12/h1-5,8,20H,6-7,9-10H2. The first-order valence-electron chi connectivity index (χ1n) is 6.94. The van der Waals surface area contributed by atoms with Crippen molar-refractivity contribution < 1.29 is 9.18 Å². The Bertz CT molecular complexity index is 699. The van der Waals surface area contributed by atoms with Crippen LogP contribution in [0.2, 0.25) is 0 Å². The van der Waals surface area contributed by atoms with Gasteiger partial charge in [0.25, 0.3) is 0 Å². The second-order valence-electron chi connectivity index (χ2n) is 5.22. The maximum atomic E-state index is 13.5. The highest BCUT2D eigenvalue weighted by Gasteiger charge is 2.15. The van der Waals surface area contributed by atoms with Crippen molar-refractivity contribution in [3.63, 3.8) is 0 Å². The number of carbonyl (C=O) groups excluding carboxylic acids is 1. The van der Waals surface area contributed by atoms with Gasteiger partial charge in [0, 0.05) is 18.5 Å². The molecule has 0 saturated carbocycles. The van der Waals surface area contributed by atoms with Gasteiger partial charge < -0.3 is 5.32 Å². The highest BCUT2D eigenvalue weighted by Crippen LogP contribution is 2.23. The predicted octanol–water partition coefficient (Wildman–Crippen LogP) is 3.66. The Kier molecular flexibility index (Phi) is 4.17. The number of ketones is 1. The molecule has 0 amide bonds. The summed E-state index contributed by atoms with van der Waals surface area (Å²) in [4.78, 5) is 12.4. The van der Waals surface area contributed by atoms with E-state index in [1.54, 1.807) is 12.1 Å². The summed E-state index contributed by atoms with van der Waals surface area (Å²) >= 11 is 3.20. The molecule has 0 spiro atoms. The zero-order valence-electron chi connectivity index (χ0n) is 11.5. The average Bonchev–Trinajstić information content (AvgIpc) is 2.51. The maximum absolute atomic E-state index is 13.5. The van der Waals surface area contributed by atoms with Gasteiger partial charge in [0.15, 0.2) is 5.78 Å². The lowest BCUT2D eigenvalue weighted by Gasteiger charge is -2.17. The highest BCUT2D eigenvalue weighted by molar-refractivity contribution is 9.10. The summed E-state index contributed by atoms with van der Waals surface area (Å²) in [6.07, 6.45) is 1.20. The molecule has 1 aliphatic heterocycles. The molecule has 0 saturated heterocycles. The Labute approximate surface area is 131 Å². The lowest BCUT2D eigenvalue weighted by atomic mass is 9.95. The Hall–Kier alpha value is -1.52. The molecule has 2 aromatic carbocycles. The van der Waals surface area contributed by atoms with Crippen LogP contribution >= 0.6 is 15.9 Å². The van der Waals surface area contributed by atoms with Gasteiger partial charge >= 0.3 is 0 Å². The summed E-state index contributed by atoms with van der Waals surface area (Å²) < 4.78 is 13.9. The van der Waals surface area contributed by atoms with Crippen LogP contribution in [-0.2, 0) is 19.4 Å². The molecule has 108 valence electrons. The van der Waals surface area contributed by atoms with Crippen LogP contribution in [0.5, 0.6) is 0 Å². The van der Waals surface area contributed by atoms with Gasteiger partial charge in [-0.2, -0.15) is 0 Å². The van der Waals surface area contributed by atoms with Gasteiger partial charge in [-0.3, -0.25) is 4.79 Å². The molecule has 0 aliphatic carbocycles. The molecule has 0 unspecified atom stereocenters. The molecule has 2 nitrogen and oxygen atoms in total. The van der Waals surface area contributed by atoms with E-state index >= 15 is 0 Å². The zero-order valence-corrected chi connectivity index (χ0v) is 13.0. The maximum Gasteiger partial charge on any atom is 0.167 e. The first-order chi connectivity index (χ1) is 10.1. The predicted molar refractivity (Wildman–Crippen MR) is 84.0 cm³/mol. The Morgan fingerprint density at radius 1 is 1.24 bits per heavy atom. The molecule has 0 fully saturated rings.